The Morgan fingerprint density at radius 2 is 1.36 bits per heavy atom. The van der Waals surface area contributed by atoms with Crippen LogP contribution in [0.2, 0.25) is 54.4 Å². The van der Waals surface area contributed by atoms with Gasteiger partial charge in [0, 0.05) is 12.5 Å². The van der Waals surface area contributed by atoms with Crippen LogP contribution in [0.15, 0.2) is 12.7 Å². The maximum atomic E-state index is 9.74. The van der Waals surface area contributed by atoms with Crippen molar-refractivity contribution in [1.82, 2.24) is 19.5 Å². The van der Waals surface area contributed by atoms with Crippen LogP contribution in [0.25, 0.3) is 11.2 Å². The molecule has 2 fully saturated rings. The van der Waals surface area contributed by atoms with Crippen molar-refractivity contribution in [3.63, 3.8) is 0 Å². The summed E-state index contributed by atoms with van der Waals surface area (Å²) in [5.41, 5.74) is 2.40. The van der Waals surface area contributed by atoms with E-state index in [1.165, 1.54) is 0 Å². The third kappa shape index (κ3) is 6.97. The molecule has 250 valence electrons. The molecule has 0 spiro atoms. The van der Waals surface area contributed by atoms with E-state index in [0.29, 0.717) is 6.61 Å². The van der Waals surface area contributed by atoms with E-state index in [2.05, 4.69) is 107 Å². The van der Waals surface area contributed by atoms with Crippen molar-refractivity contribution in [2.45, 2.75) is 154 Å². The van der Waals surface area contributed by atoms with E-state index in [1.54, 1.807) is 6.33 Å². The zero-order valence-corrected chi connectivity index (χ0v) is 33.1. The summed E-state index contributed by atoms with van der Waals surface area (Å²) in [4.78, 5) is 14.1. The lowest BCUT2D eigenvalue weighted by Crippen LogP contribution is -2.54. The summed E-state index contributed by atoms with van der Waals surface area (Å²) in [6.45, 7) is 34.8. The van der Waals surface area contributed by atoms with Crippen molar-refractivity contribution in [3.8, 4) is 0 Å². The molecule has 9 nitrogen and oxygen atoms in total. The van der Waals surface area contributed by atoms with Crippen LogP contribution in [0, 0.1) is 5.92 Å². The normalized spacial score (nSPS) is 27.4. The van der Waals surface area contributed by atoms with E-state index >= 15 is 0 Å². The van der Waals surface area contributed by atoms with Gasteiger partial charge in [-0.1, -0.05) is 62.3 Å². The fourth-order valence-electron chi connectivity index (χ4n) is 4.99. The molecule has 44 heavy (non-hydrogen) atoms. The first kappa shape index (κ1) is 35.8. The van der Waals surface area contributed by atoms with Gasteiger partial charge in [-0.3, -0.25) is 4.57 Å². The van der Waals surface area contributed by atoms with Crippen LogP contribution in [0.5, 0.6) is 0 Å². The van der Waals surface area contributed by atoms with Crippen molar-refractivity contribution < 1.29 is 23.1 Å². The first-order valence-corrected chi connectivity index (χ1v) is 25.1. The Hall–Kier alpha value is -0.999. The van der Waals surface area contributed by atoms with Crippen LogP contribution in [-0.2, 0) is 18.0 Å². The van der Waals surface area contributed by atoms with Crippen molar-refractivity contribution in [1.29, 1.82) is 0 Å². The van der Waals surface area contributed by atoms with Crippen molar-refractivity contribution in [2.75, 3.05) is 13.2 Å². The molecule has 1 saturated carbocycles. The van der Waals surface area contributed by atoms with Crippen LogP contribution in [0.4, 0.5) is 0 Å². The molecule has 0 radical (unpaired) electrons. The van der Waals surface area contributed by atoms with Crippen molar-refractivity contribution in [3.05, 3.63) is 18.3 Å². The highest BCUT2D eigenvalue weighted by molar-refractivity contribution is 6.75. The van der Waals surface area contributed by atoms with Gasteiger partial charge in [-0.15, -0.1) is 0 Å². The van der Waals surface area contributed by atoms with Gasteiger partial charge in [0.2, 0.25) is 0 Å². The minimum atomic E-state index is -2.28. The summed E-state index contributed by atoms with van der Waals surface area (Å²) in [5.74, 6) is 0.438. The predicted octanol–water partition coefficient (Wildman–Crippen LogP) is 7.62. The summed E-state index contributed by atoms with van der Waals surface area (Å²) >= 11 is 0. The number of aliphatic hydroxyl groups excluding tert-OH is 1. The van der Waals surface area contributed by atoms with E-state index in [1.807, 2.05) is 10.9 Å². The molecule has 12 heteroatoms. The van der Waals surface area contributed by atoms with Crippen LogP contribution in [-0.4, -0.2) is 81.1 Å². The molecule has 1 aliphatic carbocycles. The predicted molar refractivity (Wildman–Crippen MR) is 184 cm³/mol. The molecule has 0 amide bonds. The fraction of sp³-hybridized carbons (Fsp3) is 0.844. The molecule has 0 bridgehead atoms. The molecule has 0 unspecified atom stereocenters. The van der Waals surface area contributed by atoms with Crippen LogP contribution >= 0.6 is 0 Å². The van der Waals surface area contributed by atoms with Gasteiger partial charge < -0.3 is 23.1 Å². The molecule has 2 aromatic heterocycles. The van der Waals surface area contributed by atoms with Gasteiger partial charge in [0.1, 0.15) is 30.2 Å². The third-order valence-electron chi connectivity index (χ3n) is 11.3. The number of hydrogen-bond acceptors (Lipinski definition) is 8. The Morgan fingerprint density at radius 3 is 1.86 bits per heavy atom. The minimum absolute atomic E-state index is 0.00751. The number of aromatic nitrogens is 4. The molecule has 4 rings (SSSR count). The average molecular weight is 665 g/mol. The standard InChI is InChI=1S/C32H60N4O5Si3/c1-30(2,3)42(10,11)38-18-23-26(40-43(12,13)31(4,5)6)27(41-44(14,15)32(7,8)9)29(39-23)36-20-35-25-24(22-16-21(22)17-37)33-19-34-28(25)36/h19-23,26-27,29,37H,16-18H2,1-15H3/t21-,22+,23-,26-,27-,29-/m1/s1. The Kier molecular flexibility index (Phi) is 9.70. The van der Waals surface area contributed by atoms with Gasteiger partial charge in [0.15, 0.2) is 36.8 Å². The molecule has 1 saturated heterocycles. The van der Waals surface area contributed by atoms with Gasteiger partial charge in [0.05, 0.1) is 18.6 Å². The molecule has 0 aromatic carbocycles. The van der Waals surface area contributed by atoms with E-state index < -0.39 is 31.2 Å². The number of hydrogen-bond donors (Lipinski definition) is 1. The minimum Gasteiger partial charge on any atom is -0.414 e. The van der Waals surface area contributed by atoms with Gasteiger partial charge >= 0.3 is 0 Å². The molecule has 1 N–H and O–H groups in total. The number of imidazole rings is 1. The van der Waals surface area contributed by atoms with E-state index in [-0.39, 0.29) is 51.9 Å². The Morgan fingerprint density at radius 1 is 0.818 bits per heavy atom. The fourth-order valence-corrected chi connectivity index (χ4v) is 8.61. The maximum Gasteiger partial charge on any atom is 0.192 e. The Bertz CT molecular complexity index is 1310. The highest BCUT2D eigenvalue weighted by Crippen LogP contribution is 2.49. The molecule has 1 aliphatic heterocycles. The summed E-state index contributed by atoms with van der Waals surface area (Å²) in [6, 6.07) is 0. The lowest BCUT2D eigenvalue weighted by atomic mass is 10.1. The topological polar surface area (TPSA) is 101 Å². The van der Waals surface area contributed by atoms with Crippen molar-refractivity contribution in [2.24, 2.45) is 5.92 Å². The van der Waals surface area contributed by atoms with E-state index in [4.69, 9.17) is 28.0 Å². The SMILES string of the molecule is CC(C)(C)[Si](C)(C)OC[C@H]1O[C@@H](n2cnc3c([C@H]4C[C@@H]4CO)ncnc32)[C@H](O[Si](C)(C)C(C)(C)C)[C@@H]1O[Si](C)(C)C(C)(C)C. The largest absolute Gasteiger partial charge is 0.414 e. The van der Waals surface area contributed by atoms with Gasteiger partial charge in [0.25, 0.3) is 0 Å². The van der Waals surface area contributed by atoms with E-state index in [0.717, 1.165) is 23.3 Å². The molecule has 3 heterocycles. The van der Waals surface area contributed by atoms with Crippen LogP contribution in [0.1, 0.15) is 86.6 Å². The van der Waals surface area contributed by atoms with E-state index in [9.17, 15) is 5.11 Å². The summed E-state index contributed by atoms with van der Waals surface area (Å²) in [7, 11) is -6.59. The summed E-state index contributed by atoms with van der Waals surface area (Å²) in [5, 5.41) is 9.81. The van der Waals surface area contributed by atoms with Gasteiger partial charge in [-0.2, -0.15) is 0 Å². The zero-order valence-electron chi connectivity index (χ0n) is 30.1. The number of fused-ring (bicyclic) bond motifs is 1. The highest BCUT2D eigenvalue weighted by Gasteiger charge is 2.55. The second-order valence-electron chi connectivity index (χ2n) is 17.7. The molecular weight excluding hydrogens is 605 g/mol. The molecule has 2 aromatic rings. The van der Waals surface area contributed by atoms with Crippen molar-refractivity contribution >= 4 is 36.1 Å². The Labute approximate surface area is 269 Å². The second kappa shape index (κ2) is 11.9. The monoisotopic (exact) mass is 664 g/mol. The zero-order chi connectivity index (χ0) is 33.3. The number of rotatable bonds is 10. The van der Waals surface area contributed by atoms with Gasteiger partial charge in [-0.25, -0.2) is 15.0 Å². The lowest BCUT2D eigenvalue weighted by Gasteiger charge is -2.44. The molecule has 6 atom stereocenters. The molecular formula is C32H60N4O5Si3. The smallest absolute Gasteiger partial charge is 0.192 e. The maximum absolute atomic E-state index is 9.74. The van der Waals surface area contributed by atoms with Gasteiger partial charge in [-0.05, 0) is 66.7 Å². The van der Waals surface area contributed by atoms with Crippen LogP contribution in [0.3, 0.4) is 0 Å². The number of aliphatic hydroxyl groups is 1. The highest BCUT2D eigenvalue weighted by atomic mass is 28.4. The Balaban J connectivity index is 1.82. The number of nitrogens with zero attached hydrogens (tertiary/aromatic N) is 4. The van der Waals surface area contributed by atoms with Crippen LogP contribution < -0.4 is 0 Å². The first-order valence-electron chi connectivity index (χ1n) is 16.4. The first-order chi connectivity index (χ1) is 19.9. The second-order valence-corrected chi connectivity index (χ2v) is 32.0. The third-order valence-corrected chi connectivity index (χ3v) is 24.8. The average Bonchev–Trinajstić information content (AvgIpc) is 3.43. The summed E-state index contributed by atoms with van der Waals surface area (Å²) in [6.07, 6.45) is 2.85. The quantitative estimate of drug-likeness (QED) is 0.259. The summed E-state index contributed by atoms with van der Waals surface area (Å²) < 4.78 is 30.5. The molecule has 2 aliphatic rings. The lowest BCUT2D eigenvalue weighted by molar-refractivity contribution is -0.0470. The number of ether oxygens (including phenoxy) is 1.